The summed E-state index contributed by atoms with van der Waals surface area (Å²) in [4.78, 5) is 27.7. The molecule has 5 nitrogen and oxygen atoms in total. The van der Waals surface area contributed by atoms with Crippen molar-refractivity contribution in [2.45, 2.75) is 33.2 Å². The van der Waals surface area contributed by atoms with Crippen LogP contribution in [0.2, 0.25) is 0 Å². The summed E-state index contributed by atoms with van der Waals surface area (Å²) in [5.74, 6) is -0.178. The van der Waals surface area contributed by atoms with Crippen LogP contribution in [0.1, 0.15) is 37.2 Å². The fraction of sp³-hybridized carbons (Fsp3) is 0.286. The molecule has 134 valence electrons. The first-order valence-corrected chi connectivity index (χ1v) is 9.04. The topological polar surface area (TPSA) is 55.2 Å². The van der Waals surface area contributed by atoms with Crippen molar-refractivity contribution < 1.29 is 4.79 Å². The predicted octanol–water partition coefficient (Wildman–Crippen LogP) is 3.86. The predicted molar refractivity (Wildman–Crippen MR) is 105 cm³/mol. The van der Waals surface area contributed by atoms with Crippen LogP contribution in [0.4, 0.5) is 5.69 Å². The van der Waals surface area contributed by atoms with E-state index in [2.05, 4.69) is 12.0 Å². The molecule has 0 spiro atoms. The standard InChI is InChI=1S/C21H23N3O2/c1-3-5-15-23(16-11-7-6-8-12-16)21(26)19-17-13-9-10-14-18(17)20(25)24(4-2)22-19/h6-14H,3-5,15H2,1-2H3. The van der Waals surface area contributed by atoms with Crippen LogP contribution >= 0.6 is 0 Å². The van der Waals surface area contributed by atoms with Gasteiger partial charge in [0.25, 0.3) is 11.5 Å². The van der Waals surface area contributed by atoms with Gasteiger partial charge in [-0.1, -0.05) is 49.7 Å². The van der Waals surface area contributed by atoms with Crippen LogP contribution in [0.15, 0.2) is 59.4 Å². The van der Waals surface area contributed by atoms with E-state index in [-0.39, 0.29) is 11.5 Å². The lowest BCUT2D eigenvalue weighted by Crippen LogP contribution is -2.35. The van der Waals surface area contributed by atoms with Gasteiger partial charge < -0.3 is 4.90 Å². The zero-order valence-electron chi connectivity index (χ0n) is 15.2. The molecule has 0 fully saturated rings. The maximum Gasteiger partial charge on any atom is 0.279 e. The smallest absolute Gasteiger partial charge is 0.279 e. The number of fused-ring (bicyclic) bond motifs is 1. The summed E-state index contributed by atoms with van der Waals surface area (Å²) in [5, 5.41) is 5.51. The highest BCUT2D eigenvalue weighted by atomic mass is 16.2. The van der Waals surface area contributed by atoms with Gasteiger partial charge in [-0.3, -0.25) is 9.59 Å². The number of para-hydroxylation sites is 1. The number of hydrogen-bond acceptors (Lipinski definition) is 3. The van der Waals surface area contributed by atoms with Gasteiger partial charge >= 0.3 is 0 Å². The minimum atomic E-state index is -0.178. The Morgan fingerprint density at radius 2 is 1.65 bits per heavy atom. The molecule has 0 atom stereocenters. The molecular formula is C21H23N3O2. The van der Waals surface area contributed by atoms with Crippen LogP contribution in [0.3, 0.4) is 0 Å². The molecule has 2 aromatic carbocycles. The number of aryl methyl sites for hydroxylation is 1. The summed E-state index contributed by atoms with van der Waals surface area (Å²) in [7, 11) is 0. The van der Waals surface area contributed by atoms with Gasteiger partial charge in [-0.05, 0) is 31.5 Å². The first kappa shape index (κ1) is 17.9. The third-order valence-corrected chi connectivity index (χ3v) is 4.42. The minimum absolute atomic E-state index is 0.167. The van der Waals surface area contributed by atoms with Gasteiger partial charge in [-0.2, -0.15) is 5.10 Å². The molecule has 3 rings (SSSR count). The Labute approximate surface area is 152 Å². The lowest BCUT2D eigenvalue weighted by atomic mass is 10.1. The number of aromatic nitrogens is 2. The van der Waals surface area contributed by atoms with Crippen molar-refractivity contribution in [1.29, 1.82) is 0 Å². The van der Waals surface area contributed by atoms with Crippen molar-refractivity contribution in [2.24, 2.45) is 0 Å². The zero-order chi connectivity index (χ0) is 18.5. The second-order valence-electron chi connectivity index (χ2n) is 6.16. The number of benzene rings is 2. The minimum Gasteiger partial charge on any atom is -0.307 e. The first-order chi connectivity index (χ1) is 12.7. The number of hydrogen-bond donors (Lipinski definition) is 0. The van der Waals surface area contributed by atoms with E-state index in [0.29, 0.717) is 29.6 Å². The summed E-state index contributed by atoms with van der Waals surface area (Å²) >= 11 is 0. The highest BCUT2D eigenvalue weighted by Crippen LogP contribution is 2.20. The second kappa shape index (κ2) is 7.95. The van der Waals surface area contributed by atoms with Gasteiger partial charge in [0.2, 0.25) is 0 Å². The quantitative estimate of drug-likeness (QED) is 0.679. The second-order valence-corrected chi connectivity index (χ2v) is 6.16. The van der Waals surface area contributed by atoms with Crippen LogP contribution in [0.5, 0.6) is 0 Å². The normalized spacial score (nSPS) is 10.8. The molecule has 0 saturated heterocycles. The van der Waals surface area contributed by atoms with Crippen molar-refractivity contribution >= 4 is 22.4 Å². The molecule has 0 aliphatic carbocycles. The van der Waals surface area contributed by atoms with Gasteiger partial charge in [-0.25, -0.2) is 4.68 Å². The summed E-state index contributed by atoms with van der Waals surface area (Å²) < 4.78 is 1.36. The molecule has 1 heterocycles. The molecule has 3 aromatic rings. The Bertz CT molecular complexity index is 964. The van der Waals surface area contributed by atoms with Crippen molar-refractivity contribution in [2.75, 3.05) is 11.4 Å². The summed E-state index contributed by atoms with van der Waals surface area (Å²) in [6.45, 7) is 4.98. The molecule has 1 aromatic heterocycles. The molecule has 0 bridgehead atoms. The maximum absolute atomic E-state index is 13.4. The largest absolute Gasteiger partial charge is 0.307 e. The Morgan fingerprint density at radius 1 is 1.00 bits per heavy atom. The summed E-state index contributed by atoms with van der Waals surface area (Å²) in [5.41, 5.74) is 0.993. The lowest BCUT2D eigenvalue weighted by molar-refractivity contribution is 0.0981. The molecule has 0 aliphatic rings. The number of anilines is 1. The molecule has 26 heavy (non-hydrogen) atoms. The van der Waals surface area contributed by atoms with Crippen LogP contribution in [-0.2, 0) is 6.54 Å². The molecule has 0 aliphatic heterocycles. The van der Waals surface area contributed by atoms with Crippen molar-refractivity contribution in [3.8, 4) is 0 Å². The highest BCUT2D eigenvalue weighted by molar-refractivity contribution is 6.12. The fourth-order valence-electron chi connectivity index (χ4n) is 3.01. The SMILES string of the molecule is CCCCN(C(=O)c1nn(CC)c(=O)c2ccccc12)c1ccccc1. The molecule has 5 heteroatoms. The van der Waals surface area contributed by atoms with Gasteiger partial charge in [0.05, 0.1) is 5.39 Å². The molecular weight excluding hydrogens is 326 g/mol. The average molecular weight is 349 g/mol. The highest BCUT2D eigenvalue weighted by Gasteiger charge is 2.22. The van der Waals surface area contributed by atoms with Crippen LogP contribution in [0, 0.1) is 0 Å². The van der Waals surface area contributed by atoms with Crippen molar-refractivity contribution in [1.82, 2.24) is 9.78 Å². The Kier molecular flexibility index (Phi) is 5.46. The van der Waals surface area contributed by atoms with Gasteiger partial charge in [0, 0.05) is 24.2 Å². The van der Waals surface area contributed by atoms with E-state index in [9.17, 15) is 9.59 Å². The van der Waals surface area contributed by atoms with Crippen LogP contribution in [0.25, 0.3) is 10.8 Å². The monoisotopic (exact) mass is 349 g/mol. The molecule has 0 saturated carbocycles. The summed E-state index contributed by atoms with van der Waals surface area (Å²) in [6.07, 6.45) is 1.88. The third-order valence-electron chi connectivity index (χ3n) is 4.42. The number of carbonyl (C=O) groups excluding carboxylic acids is 1. The van der Waals surface area contributed by atoms with E-state index < -0.39 is 0 Å². The Balaban J connectivity index is 2.15. The van der Waals surface area contributed by atoms with Gasteiger partial charge in [0.1, 0.15) is 0 Å². The lowest BCUT2D eigenvalue weighted by Gasteiger charge is -2.23. The van der Waals surface area contributed by atoms with E-state index in [1.807, 2.05) is 49.4 Å². The first-order valence-electron chi connectivity index (χ1n) is 9.04. The van der Waals surface area contributed by atoms with Crippen molar-refractivity contribution in [3.63, 3.8) is 0 Å². The molecule has 0 N–H and O–H groups in total. The molecule has 0 unspecified atom stereocenters. The van der Waals surface area contributed by atoms with E-state index in [4.69, 9.17) is 0 Å². The van der Waals surface area contributed by atoms with E-state index in [0.717, 1.165) is 18.5 Å². The van der Waals surface area contributed by atoms with Crippen LogP contribution in [-0.4, -0.2) is 22.2 Å². The third kappa shape index (κ3) is 3.38. The number of nitrogens with zero attached hydrogens (tertiary/aromatic N) is 3. The summed E-state index contributed by atoms with van der Waals surface area (Å²) in [6, 6.07) is 16.8. The van der Waals surface area contributed by atoms with E-state index in [1.165, 1.54) is 4.68 Å². The van der Waals surface area contributed by atoms with E-state index in [1.54, 1.807) is 17.0 Å². The van der Waals surface area contributed by atoms with Gasteiger partial charge in [0.15, 0.2) is 5.69 Å². The average Bonchev–Trinajstić information content (AvgIpc) is 2.69. The van der Waals surface area contributed by atoms with Crippen molar-refractivity contribution in [3.05, 3.63) is 70.6 Å². The van der Waals surface area contributed by atoms with E-state index >= 15 is 0 Å². The van der Waals surface area contributed by atoms with Gasteiger partial charge in [-0.15, -0.1) is 0 Å². The Morgan fingerprint density at radius 3 is 2.31 bits per heavy atom. The molecule has 1 amide bonds. The van der Waals surface area contributed by atoms with Crippen LogP contribution < -0.4 is 10.5 Å². The number of rotatable bonds is 6. The zero-order valence-corrected chi connectivity index (χ0v) is 15.2. The number of amides is 1. The molecule has 0 radical (unpaired) electrons. The maximum atomic E-state index is 13.4. The number of unbranched alkanes of at least 4 members (excludes halogenated alkanes) is 1. The number of carbonyl (C=O) groups is 1. The fourth-order valence-corrected chi connectivity index (χ4v) is 3.01. The Hall–Kier alpha value is -2.95.